The molecule has 0 saturated carbocycles. The van der Waals surface area contributed by atoms with Crippen molar-refractivity contribution in [1.82, 2.24) is 0 Å². The van der Waals surface area contributed by atoms with Crippen molar-refractivity contribution in [1.29, 1.82) is 0 Å². The molecule has 1 amide bonds. The fourth-order valence-corrected chi connectivity index (χ4v) is 1.99. The highest BCUT2D eigenvalue weighted by molar-refractivity contribution is 6.06. The Hall–Kier alpha value is -2.70. The van der Waals surface area contributed by atoms with Gasteiger partial charge in [-0.2, -0.15) is 8.78 Å². The molecule has 0 aliphatic carbocycles. The maximum Gasteiger partial charge on any atom is 0.387 e. The molecular weight excluding hydrogens is 311 g/mol. The van der Waals surface area contributed by atoms with Crippen LogP contribution in [0, 0.1) is 12.7 Å². The topological polar surface area (TPSA) is 47.6 Å². The van der Waals surface area contributed by atoms with E-state index < -0.39 is 24.1 Å². The van der Waals surface area contributed by atoms with E-state index >= 15 is 0 Å². The van der Waals surface area contributed by atoms with Gasteiger partial charge in [-0.05, 0) is 36.8 Å². The normalized spacial score (nSPS) is 10.5. The molecule has 0 saturated heterocycles. The number of anilines is 1. The predicted molar refractivity (Wildman–Crippen MR) is 78.7 cm³/mol. The number of alkyl halides is 2. The minimum absolute atomic E-state index is 0.0253. The molecule has 0 fully saturated rings. The van der Waals surface area contributed by atoms with Crippen LogP contribution in [0.4, 0.5) is 18.9 Å². The smallest absolute Gasteiger partial charge is 0.387 e. The molecule has 0 atom stereocenters. The monoisotopic (exact) mass is 325 g/mol. The molecule has 0 radical (unpaired) electrons. The molecule has 23 heavy (non-hydrogen) atoms. The summed E-state index contributed by atoms with van der Waals surface area (Å²) in [6.45, 7) is -1.40. The molecule has 1 N–H and O–H groups in total. The molecule has 4 nitrogen and oxygen atoms in total. The van der Waals surface area contributed by atoms with E-state index in [0.717, 1.165) is 5.56 Å². The highest BCUT2D eigenvalue weighted by Crippen LogP contribution is 2.33. The average molecular weight is 325 g/mol. The summed E-state index contributed by atoms with van der Waals surface area (Å²) in [6, 6.07) is 8.28. The number of hydrogen-bond donors (Lipinski definition) is 1. The Morgan fingerprint density at radius 1 is 1.22 bits per heavy atom. The zero-order chi connectivity index (χ0) is 17.0. The molecule has 0 aromatic heterocycles. The zero-order valence-corrected chi connectivity index (χ0v) is 12.4. The van der Waals surface area contributed by atoms with Gasteiger partial charge in [0.05, 0.1) is 18.4 Å². The first kappa shape index (κ1) is 16.7. The molecule has 0 heterocycles. The summed E-state index contributed by atoms with van der Waals surface area (Å²) in [7, 11) is 1.26. The molecule has 0 aliphatic rings. The number of carbonyl (C=O) groups excluding carboxylic acids is 1. The second kappa shape index (κ2) is 7.04. The lowest BCUT2D eigenvalue weighted by Gasteiger charge is -2.14. The number of rotatable bonds is 5. The SMILES string of the molecule is COc1cccc(C(=O)Nc2cc(C)ccc2F)c1OC(F)F. The third-order valence-electron chi connectivity index (χ3n) is 3.02. The van der Waals surface area contributed by atoms with Gasteiger partial charge in [0.2, 0.25) is 0 Å². The Morgan fingerprint density at radius 2 is 1.96 bits per heavy atom. The minimum Gasteiger partial charge on any atom is -0.493 e. The number of aryl methyl sites for hydroxylation is 1. The van der Waals surface area contributed by atoms with E-state index in [-0.39, 0.29) is 17.0 Å². The molecular formula is C16H14F3NO3. The number of benzene rings is 2. The lowest BCUT2D eigenvalue weighted by Crippen LogP contribution is -2.16. The van der Waals surface area contributed by atoms with Gasteiger partial charge in [-0.25, -0.2) is 4.39 Å². The van der Waals surface area contributed by atoms with Crippen LogP contribution in [0.1, 0.15) is 15.9 Å². The number of hydrogen-bond acceptors (Lipinski definition) is 3. The van der Waals surface area contributed by atoms with Gasteiger partial charge < -0.3 is 14.8 Å². The number of ether oxygens (including phenoxy) is 2. The highest BCUT2D eigenvalue weighted by atomic mass is 19.3. The van der Waals surface area contributed by atoms with Gasteiger partial charge >= 0.3 is 6.61 Å². The van der Waals surface area contributed by atoms with Crippen LogP contribution in [0.15, 0.2) is 36.4 Å². The predicted octanol–water partition coefficient (Wildman–Crippen LogP) is 4.00. The van der Waals surface area contributed by atoms with Crippen LogP contribution in [-0.2, 0) is 0 Å². The highest BCUT2D eigenvalue weighted by Gasteiger charge is 2.21. The number of methoxy groups -OCH3 is 1. The van der Waals surface area contributed by atoms with Crippen LogP contribution >= 0.6 is 0 Å². The summed E-state index contributed by atoms with van der Waals surface area (Å²) in [6.07, 6.45) is 0. The molecule has 2 rings (SSSR count). The average Bonchev–Trinajstić information content (AvgIpc) is 2.50. The Bertz CT molecular complexity index is 720. The van der Waals surface area contributed by atoms with E-state index in [4.69, 9.17) is 4.74 Å². The number of nitrogens with one attached hydrogen (secondary N) is 1. The van der Waals surface area contributed by atoms with Gasteiger partial charge in [-0.1, -0.05) is 12.1 Å². The number of amides is 1. The summed E-state index contributed by atoms with van der Waals surface area (Å²) in [5.74, 6) is -1.86. The van der Waals surface area contributed by atoms with Crippen LogP contribution in [-0.4, -0.2) is 19.6 Å². The van der Waals surface area contributed by atoms with Gasteiger partial charge in [0.25, 0.3) is 5.91 Å². The summed E-state index contributed by atoms with van der Waals surface area (Å²) in [4.78, 5) is 12.3. The lowest BCUT2D eigenvalue weighted by molar-refractivity contribution is -0.0515. The molecule has 0 unspecified atom stereocenters. The third kappa shape index (κ3) is 3.94. The van der Waals surface area contributed by atoms with E-state index in [9.17, 15) is 18.0 Å². The quantitative estimate of drug-likeness (QED) is 0.904. The second-order valence-electron chi connectivity index (χ2n) is 4.65. The van der Waals surface area contributed by atoms with Crippen LogP contribution in [0.2, 0.25) is 0 Å². The first-order chi connectivity index (χ1) is 10.9. The summed E-state index contributed by atoms with van der Waals surface area (Å²) in [5.41, 5.74) is 0.489. The molecule has 2 aromatic rings. The van der Waals surface area contributed by atoms with Gasteiger partial charge in [0.1, 0.15) is 5.82 Å². The molecule has 122 valence electrons. The fraction of sp³-hybridized carbons (Fsp3) is 0.188. The van der Waals surface area contributed by atoms with Crippen molar-refractivity contribution in [3.63, 3.8) is 0 Å². The van der Waals surface area contributed by atoms with E-state index in [1.807, 2.05) is 0 Å². The molecule has 7 heteroatoms. The minimum atomic E-state index is -3.13. The van der Waals surface area contributed by atoms with Crippen LogP contribution < -0.4 is 14.8 Å². The number of halogens is 3. The maximum atomic E-state index is 13.7. The second-order valence-corrected chi connectivity index (χ2v) is 4.65. The van der Waals surface area contributed by atoms with Crippen molar-refractivity contribution in [2.75, 3.05) is 12.4 Å². The summed E-state index contributed by atoms with van der Waals surface area (Å²) < 4.78 is 48.1. The first-order valence-electron chi connectivity index (χ1n) is 6.61. The third-order valence-corrected chi connectivity index (χ3v) is 3.02. The van der Waals surface area contributed by atoms with Crippen molar-refractivity contribution >= 4 is 11.6 Å². The Kier molecular flexibility index (Phi) is 5.10. The Labute approximate surface area is 130 Å². The number of carbonyl (C=O) groups is 1. The molecule has 2 aromatic carbocycles. The number of para-hydroxylation sites is 1. The van der Waals surface area contributed by atoms with Gasteiger partial charge in [-0.3, -0.25) is 4.79 Å². The van der Waals surface area contributed by atoms with Crippen molar-refractivity contribution < 1.29 is 27.4 Å². The largest absolute Gasteiger partial charge is 0.493 e. The van der Waals surface area contributed by atoms with E-state index in [1.165, 1.54) is 37.4 Å². The van der Waals surface area contributed by atoms with Crippen LogP contribution in [0.3, 0.4) is 0 Å². The van der Waals surface area contributed by atoms with Crippen LogP contribution in [0.5, 0.6) is 11.5 Å². The van der Waals surface area contributed by atoms with Crippen molar-refractivity contribution in [3.8, 4) is 11.5 Å². The van der Waals surface area contributed by atoms with Gasteiger partial charge in [-0.15, -0.1) is 0 Å². The van der Waals surface area contributed by atoms with E-state index in [1.54, 1.807) is 13.0 Å². The Morgan fingerprint density at radius 3 is 2.61 bits per heavy atom. The fourth-order valence-electron chi connectivity index (χ4n) is 1.99. The first-order valence-corrected chi connectivity index (χ1v) is 6.61. The molecule has 0 spiro atoms. The van der Waals surface area contributed by atoms with Crippen molar-refractivity contribution in [2.24, 2.45) is 0 Å². The summed E-state index contributed by atoms with van der Waals surface area (Å²) >= 11 is 0. The molecule has 0 aliphatic heterocycles. The molecule has 0 bridgehead atoms. The van der Waals surface area contributed by atoms with E-state index in [2.05, 4.69) is 10.1 Å². The maximum absolute atomic E-state index is 13.7. The standard InChI is InChI=1S/C16H14F3NO3/c1-9-6-7-11(17)12(8-9)20-15(21)10-4-3-5-13(22-2)14(10)23-16(18)19/h3-8,16H,1-2H3,(H,20,21). The van der Waals surface area contributed by atoms with Crippen LogP contribution in [0.25, 0.3) is 0 Å². The van der Waals surface area contributed by atoms with Crippen molar-refractivity contribution in [2.45, 2.75) is 13.5 Å². The Balaban J connectivity index is 2.37. The summed E-state index contributed by atoms with van der Waals surface area (Å²) in [5, 5.41) is 2.34. The van der Waals surface area contributed by atoms with Gasteiger partial charge in [0.15, 0.2) is 11.5 Å². The zero-order valence-electron chi connectivity index (χ0n) is 12.4. The van der Waals surface area contributed by atoms with Gasteiger partial charge in [0, 0.05) is 0 Å². The van der Waals surface area contributed by atoms with Crippen molar-refractivity contribution in [3.05, 3.63) is 53.3 Å². The lowest BCUT2D eigenvalue weighted by atomic mass is 10.1. The van der Waals surface area contributed by atoms with E-state index in [0.29, 0.717) is 0 Å².